The number of hydrogen-bond donors (Lipinski definition) is 1. The molecule has 2 aliphatic heterocycles. The quantitative estimate of drug-likeness (QED) is 0.608. The van der Waals surface area contributed by atoms with Gasteiger partial charge in [0.15, 0.2) is 0 Å². The Kier molecular flexibility index (Phi) is 2.13. The molecule has 2 aliphatic rings. The molecule has 0 radical (unpaired) electrons. The van der Waals surface area contributed by atoms with Gasteiger partial charge in [0.25, 0.3) is 0 Å². The van der Waals surface area contributed by atoms with Crippen molar-refractivity contribution in [1.29, 1.82) is 0 Å². The summed E-state index contributed by atoms with van der Waals surface area (Å²) < 4.78 is 11.1. The predicted molar refractivity (Wildman–Crippen MR) is 48.4 cm³/mol. The third-order valence-electron chi connectivity index (χ3n) is 3.14. The first-order chi connectivity index (χ1) is 6.00. The summed E-state index contributed by atoms with van der Waals surface area (Å²) in [5.74, 6) is 0.412. The normalized spacial score (nSPS) is 45.2. The minimum Gasteiger partial charge on any atom is -0.388 e. The van der Waals surface area contributed by atoms with Gasteiger partial charge < -0.3 is 14.6 Å². The lowest BCUT2D eigenvalue weighted by Crippen LogP contribution is -2.34. The molecule has 4 atom stereocenters. The van der Waals surface area contributed by atoms with Crippen LogP contribution >= 0.6 is 0 Å². The number of aliphatic hydroxyl groups is 1. The van der Waals surface area contributed by atoms with Gasteiger partial charge in [-0.15, -0.1) is 0 Å². The number of hydrogen-bond acceptors (Lipinski definition) is 3. The average Bonchev–Trinajstić information content (AvgIpc) is 2.51. The van der Waals surface area contributed by atoms with E-state index in [-0.39, 0.29) is 17.6 Å². The van der Waals surface area contributed by atoms with Gasteiger partial charge in [0.05, 0.1) is 19.3 Å². The van der Waals surface area contributed by atoms with Crippen molar-refractivity contribution >= 4 is 0 Å². The highest BCUT2D eigenvalue weighted by Gasteiger charge is 2.50. The topological polar surface area (TPSA) is 38.7 Å². The zero-order valence-electron chi connectivity index (χ0n) is 8.49. The molecule has 0 aliphatic carbocycles. The van der Waals surface area contributed by atoms with Crippen LogP contribution in [-0.4, -0.2) is 36.6 Å². The van der Waals surface area contributed by atoms with Crippen LogP contribution in [0, 0.1) is 11.3 Å². The molecule has 0 amide bonds. The molecule has 2 fully saturated rings. The summed E-state index contributed by atoms with van der Waals surface area (Å²) >= 11 is 0. The lowest BCUT2D eigenvalue weighted by Gasteiger charge is -2.29. The molecule has 13 heavy (non-hydrogen) atoms. The van der Waals surface area contributed by atoms with E-state index in [9.17, 15) is 5.11 Å². The van der Waals surface area contributed by atoms with Gasteiger partial charge in [-0.25, -0.2) is 0 Å². The van der Waals surface area contributed by atoms with E-state index in [4.69, 9.17) is 9.47 Å². The second-order valence-corrected chi connectivity index (χ2v) is 5.14. The first-order valence-electron chi connectivity index (χ1n) is 4.91. The van der Waals surface area contributed by atoms with Crippen LogP contribution in [0.25, 0.3) is 0 Å². The third kappa shape index (κ3) is 1.49. The van der Waals surface area contributed by atoms with Gasteiger partial charge in [-0.3, -0.25) is 0 Å². The minimum absolute atomic E-state index is 0.0794. The summed E-state index contributed by atoms with van der Waals surface area (Å²) in [5, 5.41) is 9.53. The fourth-order valence-electron chi connectivity index (χ4n) is 2.22. The van der Waals surface area contributed by atoms with Crippen LogP contribution in [0.1, 0.15) is 20.8 Å². The van der Waals surface area contributed by atoms with Gasteiger partial charge in [0, 0.05) is 5.92 Å². The first-order valence-corrected chi connectivity index (χ1v) is 4.91. The van der Waals surface area contributed by atoms with E-state index in [1.54, 1.807) is 0 Å². The molecule has 0 bridgehead atoms. The third-order valence-corrected chi connectivity index (χ3v) is 3.14. The molecule has 0 saturated carbocycles. The molecule has 0 unspecified atom stereocenters. The number of aliphatic hydroxyl groups excluding tert-OH is 1. The maximum atomic E-state index is 9.53. The van der Waals surface area contributed by atoms with Crippen LogP contribution in [0.2, 0.25) is 0 Å². The number of rotatable bonds is 0. The monoisotopic (exact) mass is 186 g/mol. The SMILES string of the molecule is CC(C)(C)[C@@H]1CO[C@H]2[C@@H]1OC[C@@H]2O. The molecule has 2 rings (SSSR count). The molecule has 1 N–H and O–H groups in total. The zero-order chi connectivity index (χ0) is 9.64. The molecule has 3 nitrogen and oxygen atoms in total. The summed E-state index contributed by atoms with van der Waals surface area (Å²) in [6.07, 6.45) is -0.392. The summed E-state index contributed by atoms with van der Waals surface area (Å²) in [4.78, 5) is 0. The van der Waals surface area contributed by atoms with Gasteiger partial charge in [-0.05, 0) is 5.41 Å². The zero-order valence-corrected chi connectivity index (χ0v) is 8.49. The van der Waals surface area contributed by atoms with Crippen molar-refractivity contribution in [1.82, 2.24) is 0 Å². The van der Waals surface area contributed by atoms with Crippen LogP contribution < -0.4 is 0 Å². The largest absolute Gasteiger partial charge is 0.388 e. The summed E-state index contributed by atoms with van der Waals surface area (Å²) in [6.45, 7) is 7.73. The Bertz CT molecular complexity index is 197. The summed E-state index contributed by atoms with van der Waals surface area (Å²) in [7, 11) is 0. The lowest BCUT2D eigenvalue weighted by atomic mass is 9.78. The van der Waals surface area contributed by atoms with Gasteiger partial charge in [-0.2, -0.15) is 0 Å². The van der Waals surface area contributed by atoms with E-state index in [1.165, 1.54) is 0 Å². The summed E-state index contributed by atoms with van der Waals surface area (Å²) in [6, 6.07) is 0. The number of ether oxygens (including phenoxy) is 2. The Labute approximate surface area is 79.0 Å². The highest BCUT2D eigenvalue weighted by atomic mass is 16.6. The molecule has 0 aromatic heterocycles. The van der Waals surface area contributed by atoms with Gasteiger partial charge in [-0.1, -0.05) is 20.8 Å². The van der Waals surface area contributed by atoms with Gasteiger partial charge >= 0.3 is 0 Å². The highest BCUT2D eigenvalue weighted by molar-refractivity contribution is 4.97. The average molecular weight is 186 g/mol. The Balaban J connectivity index is 2.11. The van der Waals surface area contributed by atoms with Gasteiger partial charge in [0.1, 0.15) is 12.2 Å². The second-order valence-electron chi connectivity index (χ2n) is 5.14. The van der Waals surface area contributed by atoms with Crippen molar-refractivity contribution in [2.75, 3.05) is 13.2 Å². The van der Waals surface area contributed by atoms with E-state index in [1.807, 2.05) is 0 Å². The van der Waals surface area contributed by atoms with E-state index in [0.717, 1.165) is 6.61 Å². The molecule has 3 heteroatoms. The predicted octanol–water partition coefficient (Wildman–Crippen LogP) is 0.807. The molecular weight excluding hydrogens is 168 g/mol. The maximum Gasteiger partial charge on any atom is 0.112 e. The maximum absolute atomic E-state index is 9.53. The van der Waals surface area contributed by atoms with Gasteiger partial charge in [0.2, 0.25) is 0 Å². The van der Waals surface area contributed by atoms with Crippen molar-refractivity contribution < 1.29 is 14.6 Å². The molecule has 2 heterocycles. The van der Waals surface area contributed by atoms with Crippen molar-refractivity contribution in [2.45, 2.75) is 39.1 Å². The Hall–Kier alpha value is -0.120. The van der Waals surface area contributed by atoms with Crippen LogP contribution in [-0.2, 0) is 9.47 Å². The fraction of sp³-hybridized carbons (Fsp3) is 1.00. The van der Waals surface area contributed by atoms with Crippen molar-refractivity contribution in [2.24, 2.45) is 11.3 Å². The smallest absolute Gasteiger partial charge is 0.112 e. The van der Waals surface area contributed by atoms with E-state index in [0.29, 0.717) is 12.5 Å². The number of fused-ring (bicyclic) bond motifs is 1. The molecular formula is C10H18O3. The molecule has 0 aromatic rings. The van der Waals surface area contributed by atoms with Crippen LogP contribution in [0.3, 0.4) is 0 Å². The molecule has 0 aromatic carbocycles. The summed E-state index contributed by atoms with van der Waals surface area (Å²) in [5.41, 5.74) is 0.198. The first kappa shape index (κ1) is 9.44. The van der Waals surface area contributed by atoms with Crippen LogP contribution in [0.5, 0.6) is 0 Å². The highest BCUT2D eigenvalue weighted by Crippen LogP contribution is 2.40. The molecule has 0 spiro atoms. The fourth-order valence-corrected chi connectivity index (χ4v) is 2.22. The minimum atomic E-state index is -0.419. The lowest BCUT2D eigenvalue weighted by molar-refractivity contribution is 0.00966. The van der Waals surface area contributed by atoms with E-state index in [2.05, 4.69) is 20.8 Å². The van der Waals surface area contributed by atoms with Crippen molar-refractivity contribution in [3.05, 3.63) is 0 Å². The van der Waals surface area contributed by atoms with E-state index >= 15 is 0 Å². The van der Waals surface area contributed by atoms with Crippen molar-refractivity contribution in [3.63, 3.8) is 0 Å². The Morgan fingerprint density at radius 2 is 1.69 bits per heavy atom. The van der Waals surface area contributed by atoms with Crippen LogP contribution in [0.15, 0.2) is 0 Å². The van der Waals surface area contributed by atoms with Crippen LogP contribution in [0.4, 0.5) is 0 Å². The molecule has 2 saturated heterocycles. The Morgan fingerprint density at radius 3 is 2.31 bits per heavy atom. The molecule has 76 valence electrons. The Morgan fingerprint density at radius 1 is 1.08 bits per heavy atom. The van der Waals surface area contributed by atoms with Crippen molar-refractivity contribution in [3.8, 4) is 0 Å². The second kappa shape index (κ2) is 2.94. The standard InChI is InChI=1S/C10H18O3/c1-10(2,3)6-4-12-9-7(11)5-13-8(6)9/h6-9,11H,4-5H2,1-3H3/t6-,7+,8-,9-/m1/s1. The van der Waals surface area contributed by atoms with E-state index < -0.39 is 6.10 Å².